The van der Waals surface area contributed by atoms with Crippen LogP contribution in [0.3, 0.4) is 0 Å². The van der Waals surface area contributed by atoms with E-state index < -0.39 is 12.0 Å². The van der Waals surface area contributed by atoms with Crippen LogP contribution in [0.15, 0.2) is 0 Å². The second kappa shape index (κ2) is 6.47. The van der Waals surface area contributed by atoms with Crippen molar-refractivity contribution in [3.8, 4) is 0 Å². The lowest BCUT2D eigenvalue weighted by atomic mass is 9.95. The number of carbonyl (C=O) groups excluding carboxylic acids is 1. The first-order chi connectivity index (χ1) is 9.13. The van der Waals surface area contributed by atoms with Crippen LogP contribution in [0.1, 0.15) is 19.3 Å². The van der Waals surface area contributed by atoms with Gasteiger partial charge in [-0.25, -0.2) is 9.59 Å². The Labute approximate surface area is 116 Å². The zero-order chi connectivity index (χ0) is 13.8. The Balaban J connectivity index is 1.96. The summed E-state index contributed by atoms with van der Waals surface area (Å²) in [6, 6.07) is -0.865. The van der Waals surface area contributed by atoms with Crippen LogP contribution in [0.25, 0.3) is 0 Å². The van der Waals surface area contributed by atoms with E-state index in [0.29, 0.717) is 37.1 Å². The number of thioether (sulfide) groups is 1. The zero-order valence-electron chi connectivity index (χ0n) is 10.8. The number of rotatable bonds is 3. The first kappa shape index (κ1) is 14.5. The lowest BCUT2D eigenvalue weighted by molar-refractivity contribution is -0.141. The van der Waals surface area contributed by atoms with Gasteiger partial charge in [-0.15, -0.1) is 11.8 Å². The highest BCUT2D eigenvalue weighted by atomic mass is 32.2. The molecular weight excluding hydrogens is 268 g/mol. The van der Waals surface area contributed by atoms with Gasteiger partial charge < -0.3 is 20.0 Å². The molecule has 0 aromatic heterocycles. The van der Waals surface area contributed by atoms with Crippen molar-refractivity contribution in [1.29, 1.82) is 0 Å². The van der Waals surface area contributed by atoms with Crippen LogP contribution in [-0.4, -0.2) is 69.4 Å². The maximum absolute atomic E-state index is 12.4. The van der Waals surface area contributed by atoms with E-state index in [1.165, 1.54) is 16.7 Å². The van der Waals surface area contributed by atoms with Crippen LogP contribution in [0, 0.1) is 5.92 Å². The number of likely N-dealkylation sites (tertiary alicyclic amines) is 1. The molecule has 2 unspecified atom stereocenters. The predicted octanol–water partition coefficient (Wildman–Crippen LogP) is 0.660. The van der Waals surface area contributed by atoms with Gasteiger partial charge in [0.25, 0.3) is 0 Å². The van der Waals surface area contributed by atoms with E-state index >= 15 is 0 Å². The molecule has 2 fully saturated rings. The summed E-state index contributed by atoms with van der Waals surface area (Å²) in [6.45, 7) is 1.46. The van der Waals surface area contributed by atoms with Gasteiger partial charge in [0.1, 0.15) is 6.04 Å². The molecule has 2 heterocycles. The first-order valence-electron chi connectivity index (χ1n) is 6.60. The van der Waals surface area contributed by atoms with E-state index in [-0.39, 0.29) is 12.6 Å². The fourth-order valence-electron chi connectivity index (χ4n) is 2.67. The third kappa shape index (κ3) is 3.33. The molecule has 2 aliphatic heterocycles. The normalized spacial score (nSPS) is 27.6. The average molecular weight is 288 g/mol. The van der Waals surface area contributed by atoms with Gasteiger partial charge in [-0.3, -0.25) is 0 Å². The number of aliphatic hydroxyl groups is 1. The Morgan fingerprint density at radius 2 is 2.16 bits per heavy atom. The van der Waals surface area contributed by atoms with Crippen molar-refractivity contribution in [2.24, 2.45) is 5.92 Å². The second-order valence-electron chi connectivity index (χ2n) is 5.07. The molecule has 0 aromatic carbocycles. The van der Waals surface area contributed by atoms with Crippen molar-refractivity contribution in [1.82, 2.24) is 9.80 Å². The van der Waals surface area contributed by atoms with Crippen molar-refractivity contribution < 1.29 is 19.8 Å². The van der Waals surface area contributed by atoms with Crippen LogP contribution >= 0.6 is 11.8 Å². The monoisotopic (exact) mass is 288 g/mol. The first-order valence-corrected chi connectivity index (χ1v) is 7.76. The number of nitrogens with zero attached hydrogens (tertiary/aromatic N) is 2. The Bertz CT molecular complexity index is 351. The van der Waals surface area contributed by atoms with Gasteiger partial charge in [-0.1, -0.05) is 0 Å². The van der Waals surface area contributed by atoms with E-state index in [2.05, 4.69) is 0 Å². The molecule has 0 saturated carbocycles. The summed E-state index contributed by atoms with van der Waals surface area (Å²) in [5, 5.41) is 18.1. The minimum absolute atomic E-state index is 0.143. The molecule has 0 bridgehead atoms. The summed E-state index contributed by atoms with van der Waals surface area (Å²) in [6.07, 6.45) is 2.66. The molecule has 2 rings (SSSR count). The van der Waals surface area contributed by atoms with E-state index in [1.807, 2.05) is 0 Å². The van der Waals surface area contributed by atoms with E-state index in [9.17, 15) is 9.59 Å². The molecule has 2 atom stereocenters. The van der Waals surface area contributed by atoms with Gasteiger partial charge in [0.2, 0.25) is 0 Å². The summed E-state index contributed by atoms with van der Waals surface area (Å²) >= 11 is 1.48. The molecule has 0 radical (unpaired) electrons. The van der Waals surface area contributed by atoms with Gasteiger partial charge in [0, 0.05) is 25.4 Å². The van der Waals surface area contributed by atoms with Gasteiger partial charge in [0.05, 0.1) is 5.88 Å². The summed E-state index contributed by atoms with van der Waals surface area (Å²) in [5.41, 5.74) is 0. The minimum Gasteiger partial charge on any atom is -0.480 e. The number of aliphatic carboxylic acids is 1. The fraction of sp³-hybridized carbons (Fsp3) is 0.833. The summed E-state index contributed by atoms with van der Waals surface area (Å²) in [7, 11) is 0. The predicted molar refractivity (Wildman–Crippen MR) is 72.0 cm³/mol. The van der Waals surface area contributed by atoms with Gasteiger partial charge in [-0.2, -0.15) is 0 Å². The number of carbonyl (C=O) groups is 2. The molecule has 2 saturated heterocycles. The number of carboxylic acids is 1. The van der Waals surface area contributed by atoms with Crippen molar-refractivity contribution in [3.63, 3.8) is 0 Å². The smallest absolute Gasteiger partial charge is 0.327 e. The number of urea groups is 1. The number of aliphatic hydroxyl groups excluding tert-OH is 1. The number of amides is 2. The fourth-order valence-corrected chi connectivity index (χ4v) is 3.81. The zero-order valence-corrected chi connectivity index (χ0v) is 11.6. The molecule has 2 amide bonds. The van der Waals surface area contributed by atoms with Crippen molar-refractivity contribution in [2.45, 2.75) is 25.3 Å². The molecule has 108 valence electrons. The molecule has 2 N–H and O–H groups in total. The number of hydrogen-bond donors (Lipinski definition) is 2. The molecule has 0 spiro atoms. The standard InChI is InChI=1S/C12H20N2O4S/c15-5-3-9-2-1-4-13(6-9)12(18)14-8-19-7-10(14)11(16)17/h9-10,15H,1-8H2,(H,16,17). The topological polar surface area (TPSA) is 81.1 Å². The lowest BCUT2D eigenvalue weighted by Gasteiger charge is -2.36. The molecule has 19 heavy (non-hydrogen) atoms. The molecular formula is C12H20N2O4S. The minimum atomic E-state index is -0.928. The highest BCUT2D eigenvalue weighted by Gasteiger charge is 2.37. The molecule has 0 aromatic rings. The maximum Gasteiger partial charge on any atom is 0.327 e. The molecule has 7 heteroatoms. The van der Waals surface area contributed by atoms with Crippen LogP contribution in [0.4, 0.5) is 4.79 Å². The van der Waals surface area contributed by atoms with Gasteiger partial charge in [-0.05, 0) is 25.2 Å². The SMILES string of the molecule is O=C(O)C1CSCN1C(=O)N1CCCC(CCO)C1. The molecule has 6 nitrogen and oxygen atoms in total. The van der Waals surface area contributed by atoms with Crippen molar-refractivity contribution >= 4 is 23.8 Å². The third-order valence-corrected chi connectivity index (χ3v) is 4.75. The van der Waals surface area contributed by atoms with Crippen LogP contribution in [-0.2, 0) is 4.79 Å². The number of hydrogen-bond acceptors (Lipinski definition) is 4. The van der Waals surface area contributed by atoms with Gasteiger partial charge in [0.15, 0.2) is 0 Å². The summed E-state index contributed by atoms with van der Waals surface area (Å²) < 4.78 is 0. The Hall–Kier alpha value is -0.950. The Kier molecular flexibility index (Phi) is 4.93. The Morgan fingerprint density at radius 3 is 2.84 bits per heavy atom. The van der Waals surface area contributed by atoms with Crippen molar-refractivity contribution in [2.75, 3.05) is 31.3 Å². The number of carboxylic acid groups (broad SMARTS) is 1. The molecule has 0 aliphatic carbocycles. The average Bonchev–Trinajstić information content (AvgIpc) is 2.88. The lowest BCUT2D eigenvalue weighted by Crippen LogP contribution is -2.51. The highest BCUT2D eigenvalue weighted by molar-refractivity contribution is 7.99. The summed E-state index contributed by atoms with van der Waals surface area (Å²) in [5.74, 6) is 0.329. The maximum atomic E-state index is 12.4. The van der Waals surface area contributed by atoms with Crippen LogP contribution in [0.2, 0.25) is 0 Å². The molecule has 2 aliphatic rings. The Morgan fingerprint density at radius 1 is 1.37 bits per heavy atom. The largest absolute Gasteiger partial charge is 0.480 e. The van der Waals surface area contributed by atoms with E-state index in [4.69, 9.17) is 10.2 Å². The van der Waals surface area contributed by atoms with Crippen LogP contribution < -0.4 is 0 Å². The quantitative estimate of drug-likeness (QED) is 0.797. The van der Waals surface area contributed by atoms with E-state index in [0.717, 1.165) is 12.8 Å². The van der Waals surface area contributed by atoms with Gasteiger partial charge >= 0.3 is 12.0 Å². The highest BCUT2D eigenvalue weighted by Crippen LogP contribution is 2.25. The second-order valence-corrected chi connectivity index (χ2v) is 6.07. The third-order valence-electron chi connectivity index (χ3n) is 3.74. The van der Waals surface area contributed by atoms with E-state index in [1.54, 1.807) is 4.90 Å². The summed E-state index contributed by atoms with van der Waals surface area (Å²) in [4.78, 5) is 26.7. The number of piperidine rings is 1. The van der Waals surface area contributed by atoms with Crippen molar-refractivity contribution in [3.05, 3.63) is 0 Å². The van der Waals surface area contributed by atoms with Crippen LogP contribution in [0.5, 0.6) is 0 Å².